The summed E-state index contributed by atoms with van der Waals surface area (Å²) < 4.78 is 23.8. The van der Waals surface area contributed by atoms with Crippen LogP contribution in [0.2, 0.25) is 35.2 Å². The van der Waals surface area contributed by atoms with Crippen LogP contribution in [-0.2, 0) is 9.84 Å². The van der Waals surface area contributed by atoms with Gasteiger partial charge in [-0.1, -0.05) is 81.2 Å². The molecule has 0 aromatic heterocycles. The Kier molecular flexibility index (Phi) is 5.98. The predicted octanol–water partition coefficient (Wildman–Crippen LogP) is 7.33. The Labute approximate surface area is 168 Å². The third kappa shape index (κ3) is 3.68. The number of rotatable bonds is 2. The molecule has 0 heterocycles. The number of hydrogen-bond donors (Lipinski definition) is 0. The molecule has 0 aliphatic heterocycles. The van der Waals surface area contributed by atoms with E-state index in [4.69, 9.17) is 81.2 Å². The van der Waals surface area contributed by atoms with Gasteiger partial charge < -0.3 is 0 Å². The van der Waals surface area contributed by atoms with E-state index in [1.807, 2.05) is 0 Å². The van der Waals surface area contributed by atoms with Gasteiger partial charge in [-0.15, -0.1) is 0 Å². The summed E-state index contributed by atoms with van der Waals surface area (Å²) in [4.78, 5) is -0.193. The van der Waals surface area contributed by atoms with Crippen LogP contribution in [0.3, 0.4) is 0 Å². The molecular weight excluding hydrogens is 468 g/mol. The average molecular weight is 473 g/mol. The molecule has 0 atom stereocenters. The minimum atomic E-state index is -3.65. The molecule has 23 heavy (non-hydrogen) atoms. The Hall–Kier alpha value is 0.420. The van der Waals surface area contributed by atoms with E-state index in [1.165, 1.54) is 6.07 Å². The molecule has 0 saturated heterocycles. The third-order valence-corrected chi connectivity index (χ3v) is 7.06. The van der Waals surface area contributed by atoms with Gasteiger partial charge in [0.1, 0.15) is 0 Å². The van der Waals surface area contributed by atoms with Crippen molar-refractivity contribution in [3.63, 3.8) is 0 Å². The van der Waals surface area contributed by atoms with Crippen molar-refractivity contribution in [2.45, 2.75) is 4.90 Å². The second-order valence-corrected chi connectivity index (χ2v) is 9.17. The SMILES string of the molecule is CS(=O)(=O)c1cc(Cl)c(Cl)c(-c2cc(Cl)c(Cl)c(Cl)c2Cl)c1Cl. The highest BCUT2D eigenvalue weighted by Gasteiger charge is 2.25. The van der Waals surface area contributed by atoms with Gasteiger partial charge in [0.2, 0.25) is 0 Å². The molecule has 0 fully saturated rings. The Bertz CT molecular complexity index is 923. The van der Waals surface area contributed by atoms with Gasteiger partial charge in [0, 0.05) is 17.4 Å². The Morgan fingerprint density at radius 3 is 1.74 bits per heavy atom. The molecule has 0 bridgehead atoms. The van der Waals surface area contributed by atoms with Gasteiger partial charge in [-0.25, -0.2) is 8.42 Å². The molecule has 0 unspecified atom stereocenters. The van der Waals surface area contributed by atoms with E-state index < -0.39 is 9.84 Å². The highest BCUT2D eigenvalue weighted by molar-refractivity contribution is 7.90. The summed E-state index contributed by atoms with van der Waals surface area (Å²) in [6, 6.07) is 2.55. The van der Waals surface area contributed by atoms with Crippen LogP contribution in [0.15, 0.2) is 17.0 Å². The molecule has 2 aromatic carbocycles. The lowest BCUT2D eigenvalue weighted by atomic mass is 10.1. The van der Waals surface area contributed by atoms with E-state index in [1.54, 1.807) is 0 Å². The number of benzene rings is 2. The van der Waals surface area contributed by atoms with E-state index in [0.717, 1.165) is 12.3 Å². The fourth-order valence-electron chi connectivity index (χ4n) is 1.84. The second-order valence-electron chi connectivity index (χ2n) is 4.48. The van der Waals surface area contributed by atoms with E-state index >= 15 is 0 Å². The zero-order chi connectivity index (χ0) is 17.7. The lowest BCUT2D eigenvalue weighted by Crippen LogP contribution is -2.00. The molecule has 124 valence electrons. The van der Waals surface area contributed by atoms with E-state index in [2.05, 4.69) is 0 Å². The fourth-order valence-corrected chi connectivity index (χ4v) is 4.74. The van der Waals surface area contributed by atoms with Crippen LogP contribution >= 0.6 is 81.2 Å². The monoisotopic (exact) mass is 470 g/mol. The lowest BCUT2D eigenvalue weighted by Gasteiger charge is -2.15. The van der Waals surface area contributed by atoms with Crippen LogP contribution in [-0.4, -0.2) is 14.7 Å². The molecule has 0 spiro atoms. The van der Waals surface area contributed by atoms with Crippen molar-refractivity contribution in [2.24, 2.45) is 0 Å². The summed E-state index contributed by atoms with van der Waals surface area (Å²) in [5.41, 5.74) is 0.320. The van der Waals surface area contributed by atoms with Crippen molar-refractivity contribution in [3.8, 4) is 11.1 Å². The Morgan fingerprint density at radius 1 is 0.696 bits per heavy atom. The first-order valence-corrected chi connectivity index (χ1v) is 10.2. The summed E-state index contributed by atoms with van der Waals surface area (Å²) in [6.07, 6.45) is 0.992. The van der Waals surface area contributed by atoms with Gasteiger partial charge >= 0.3 is 0 Å². The van der Waals surface area contributed by atoms with Crippen LogP contribution in [0, 0.1) is 0 Å². The normalized spacial score (nSPS) is 11.8. The number of hydrogen-bond acceptors (Lipinski definition) is 2. The Morgan fingerprint density at radius 2 is 1.22 bits per heavy atom. The van der Waals surface area contributed by atoms with Crippen LogP contribution < -0.4 is 0 Å². The first-order chi connectivity index (χ1) is 10.5. The second kappa shape index (κ2) is 6.97. The van der Waals surface area contributed by atoms with Gasteiger partial charge in [0.15, 0.2) is 9.84 Å². The topological polar surface area (TPSA) is 34.1 Å². The maximum atomic E-state index is 11.9. The minimum absolute atomic E-state index is 0.00949. The average Bonchev–Trinajstić information content (AvgIpc) is 2.44. The smallest absolute Gasteiger partial charge is 0.177 e. The molecule has 0 aliphatic carbocycles. The van der Waals surface area contributed by atoms with Crippen molar-refractivity contribution in [2.75, 3.05) is 6.26 Å². The minimum Gasteiger partial charge on any atom is -0.224 e. The van der Waals surface area contributed by atoms with Crippen LogP contribution in [0.5, 0.6) is 0 Å². The van der Waals surface area contributed by atoms with Crippen molar-refractivity contribution in [1.29, 1.82) is 0 Å². The molecule has 2 rings (SSSR count). The van der Waals surface area contributed by atoms with Crippen molar-refractivity contribution in [1.82, 2.24) is 0 Å². The summed E-state index contributed by atoms with van der Waals surface area (Å²) in [7, 11) is -3.65. The maximum Gasteiger partial charge on any atom is 0.177 e. The summed E-state index contributed by atoms with van der Waals surface area (Å²) >= 11 is 42.6. The van der Waals surface area contributed by atoms with Crippen LogP contribution in [0.4, 0.5) is 0 Å². The van der Waals surface area contributed by atoms with E-state index in [-0.39, 0.29) is 51.2 Å². The quantitative estimate of drug-likeness (QED) is 0.338. The first kappa shape index (κ1) is 19.7. The molecule has 0 radical (unpaired) electrons. The predicted molar refractivity (Wildman–Crippen MR) is 100 cm³/mol. The molecule has 10 heteroatoms. The molecule has 2 nitrogen and oxygen atoms in total. The molecule has 0 N–H and O–H groups in total. The Balaban J connectivity index is 2.98. The van der Waals surface area contributed by atoms with Gasteiger partial charge in [-0.3, -0.25) is 0 Å². The summed E-state index contributed by atoms with van der Waals surface area (Å²) in [6.45, 7) is 0. The fraction of sp³-hybridized carbons (Fsp3) is 0.0769. The van der Waals surface area contributed by atoms with Crippen molar-refractivity contribution in [3.05, 3.63) is 47.3 Å². The lowest BCUT2D eigenvalue weighted by molar-refractivity contribution is 0.602. The number of halogens is 7. The van der Waals surface area contributed by atoms with Crippen molar-refractivity contribution >= 4 is 91.0 Å². The van der Waals surface area contributed by atoms with Crippen LogP contribution in [0.25, 0.3) is 11.1 Å². The van der Waals surface area contributed by atoms with Crippen molar-refractivity contribution < 1.29 is 8.42 Å². The first-order valence-electron chi connectivity index (χ1n) is 5.67. The van der Waals surface area contributed by atoms with Gasteiger partial charge in [0.25, 0.3) is 0 Å². The molecule has 2 aromatic rings. The standard InChI is InChI=1S/C13H5Cl7O2S/c1-23(21,22)7-3-6(15)10(17)8(12(7)19)4-2-5(14)11(18)13(20)9(4)16/h2-3H,1H3. The summed E-state index contributed by atoms with van der Waals surface area (Å²) in [5, 5.41) is 0.0302. The van der Waals surface area contributed by atoms with Gasteiger partial charge in [-0.05, 0) is 12.1 Å². The molecule has 0 amide bonds. The molecular formula is C13H5Cl7O2S. The zero-order valence-corrected chi connectivity index (χ0v) is 17.1. The number of sulfone groups is 1. The van der Waals surface area contributed by atoms with Crippen LogP contribution in [0.1, 0.15) is 0 Å². The third-order valence-electron chi connectivity index (χ3n) is 2.89. The van der Waals surface area contributed by atoms with Gasteiger partial charge in [0.05, 0.1) is 40.1 Å². The largest absolute Gasteiger partial charge is 0.224 e. The van der Waals surface area contributed by atoms with E-state index in [0.29, 0.717) is 0 Å². The molecule has 0 aliphatic rings. The zero-order valence-electron chi connectivity index (χ0n) is 11.0. The highest BCUT2D eigenvalue weighted by Crippen LogP contribution is 2.49. The molecule has 0 saturated carbocycles. The van der Waals surface area contributed by atoms with E-state index in [9.17, 15) is 8.42 Å². The maximum absolute atomic E-state index is 11.9. The van der Waals surface area contributed by atoms with Gasteiger partial charge in [-0.2, -0.15) is 0 Å². The highest BCUT2D eigenvalue weighted by atomic mass is 35.5. The summed E-state index contributed by atoms with van der Waals surface area (Å²) in [5.74, 6) is 0.